The summed E-state index contributed by atoms with van der Waals surface area (Å²) < 4.78 is 1.92. The monoisotopic (exact) mass is 349 g/mol. The van der Waals surface area contributed by atoms with E-state index in [9.17, 15) is 4.79 Å². The van der Waals surface area contributed by atoms with Crippen LogP contribution in [0.1, 0.15) is 16.3 Å². The van der Waals surface area contributed by atoms with E-state index in [1.54, 1.807) is 5.38 Å². The second-order valence-corrected chi connectivity index (χ2v) is 6.31. The van der Waals surface area contributed by atoms with Gasteiger partial charge in [-0.2, -0.15) is 0 Å². The van der Waals surface area contributed by atoms with Crippen molar-refractivity contribution in [3.05, 3.63) is 71.6 Å². The summed E-state index contributed by atoms with van der Waals surface area (Å²) in [5.74, 6) is 0.645. The van der Waals surface area contributed by atoms with Crippen LogP contribution in [0, 0.1) is 0 Å². The van der Waals surface area contributed by atoms with Crippen molar-refractivity contribution in [1.82, 2.24) is 24.9 Å². The lowest BCUT2D eigenvalue weighted by atomic mass is 10.2. The zero-order valence-electron chi connectivity index (χ0n) is 13.3. The van der Waals surface area contributed by atoms with Crippen LogP contribution < -0.4 is 5.32 Å². The van der Waals surface area contributed by atoms with Crippen LogP contribution in [0.4, 0.5) is 0 Å². The first kappa shape index (κ1) is 15.5. The number of aromatic nitrogens is 4. The molecule has 1 N–H and O–H groups in total. The normalized spacial score (nSPS) is 10.9. The molecule has 25 heavy (non-hydrogen) atoms. The average Bonchev–Trinajstić information content (AvgIpc) is 3.30. The lowest BCUT2D eigenvalue weighted by Gasteiger charge is -2.02. The van der Waals surface area contributed by atoms with Crippen LogP contribution in [-0.4, -0.2) is 32.0 Å². The first-order valence-electron chi connectivity index (χ1n) is 7.89. The van der Waals surface area contributed by atoms with Crippen molar-refractivity contribution in [3.8, 4) is 10.6 Å². The highest BCUT2D eigenvalue weighted by atomic mass is 32.1. The fourth-order valence-corrected chi connectivity index (χ4v) is 3.34. The van der Waals surface area contributed by atoms with Gasteiger partial charge in [0, 0.05) is 30.1 Å². The Bertz CT molecular complexity index is 1010. The zero-order valence-corrected chi connectivity index (χ0v) is 14.1. The molecular weight excluding hydrogens is 334 g/mol. The molecule has 0 aliphatic carbocycles. The maximum absolute atomic E-state index is 12.3. The number of carbonyl (C=O) groups is 1. The Hall–Kier alpha value is -3.06. The molecule has 0 fully saturated rings. The molecule has 1 aromatic carbocycles. The molecule has 0 saturated heterocycles. The summed E-state index contributed by atoms with van der Waals surface area (Å²) in [7, 11) is 0. The third-order valence-corrected chi connectivity index (χ3v) is 4.67. The van der Waals surface area contributed by atoms with Crippen LogP contribution in [0.25, 0.3) is 16.2 Å². The predicted octanol–water partition coefficient (Wildman–Crippen LogP) is 2.83. The number of hydrogen-bond donors (Lipinski definition) is 1. The van der Waals surface area contributed by atoms with E-state index in [4.69, 9.17) is 0 Å². The quantitative estimate of drug-likeness (QED) is 0.601. The van der Waals surface area contributed by atoms with Gasteiger partial charge in [0.2, 0.25) is 0 Å². The van der Waals surface area contributed by atoms with Gasteiger partial charge in [-0.1, -0.05) is 36.4 Å². The number of nitrogens with zero attached hydrogens (tertiary/aromatic N) is 4. The summed E-state index contributed by atoms with van der Waals surface area (Å²) >= 11 is 1.47. The minimum Gasteiger partial charge on any atom is -0.350 e. The highest BCUT2D eigenvalue weighted by molar-refractivity contribution is 7.13. The molecule has 7 heteroatoms. The lowest BCUT2D eigenvalue weighted by molar-refractivity contribution is 0.0949. The number of fused-ring (bicyclic) bond motifs is 1. The number of carbonyl (C=O) groups excluding carboxylic acids is 1. The Labute approximate surface area is 148 Å². The molecule has 0 aliphatic rings. The van der Waals surface area contributed by atoms with Gasteiger partial charge >= 0.3 is 0 Å². The maximum atomic E-state index is 12.3. The molecule has 124 valence electrons. The number of pyridine rings is 1. The fourth-order valence-electron chi connectivity index (χ4n) is 2.53. The molecule has 0 aliphatic heterocycles. The van der Waals surface area contributed by atoms with Crippen molar-refractivity contribution < 1.29 is 4.79 Å². The van der Waals surface area contributed by atoms with Crippen molar-refractivity contribution in [2.24, 2.45) is 0 Å². The molecular formula is C18H15N5OS. The van der Waals surface area contributed by atoms with Crippen LogP contribution in [0.2, 0.25) is 0 Å². The highest BCUT2D eigenvalue weighted by Gasteiger charge is 2.12. The fraction of sp³-hybridized carbons (Fsp3) is 0.111. The van der Waals surface area contributed by atoms with Gasteiger partial charge in [0.25, 0.3) is 5.91 Å². The van der Waals surface area contributed by atoms with Gasteiger partial charge < -0.3 is 5.32 Å². The summed E-state index contributed by atoms with van der Waals surface area (Å²) in [4.78, 5) is 16.7. The topological polar surface area (TPSA) is 72.2 Å². The Morgan fingerprint density at radius 2 is 1.92 bits per heavy atom. The van der Waals surface area contributed by atoms with Crippen LogP contribution in [0.5, 0.6) is 0 Å². The van der Waals surface area contributed by atoms with Crippen molar-refractivity contribution >= 4 is 22.9 Å². The van der Waals surface area contributed by atoms with Crippen LogP contribution >= 0.6 is 11.3 Å². The van der Waals surface area contributed by atoms with Gasteiger partial charge in [-0.25, -0.2) is 4.98 Å². The molecule has 0 spiro atoms. The molecule has 6 nitrogen and oxygen atoms in total. The Balaban J connectivity index is 1.39. The smallest absolute Gasteiger partial charge is 0.270 e. The Kier molecular flexibility index (Phi) is 4.22. The molecule has 4 aromatic rings. The number of nitrogens with one attached hydrogen (secondary N) is 1. The molecule has 3 heterocycles. The summed E-state index contributed by atoms with van der Waals surface area (Å²) in [5, 5.41) is 13.8. The number of benzene rings is 1. The molecule has 1 amide bonds. The van der Waals surface area contributed by atoms with Gasteiger partial charge in [0.05, 0.1) is 0 Å². The molecule has 0 bridgehead atoms. The van der Waals surface area contributed by atoms with Gasteiger partial charge in [0.1, 0.15) is 16.5 Å². The highest BCUT2D eigenvalue weighted by Crippen LogP contribution is 2.23. The van der Waals surface area contributed by atoms with E-state index in [1.165, 1.54) is 11.3 Å². The Morgan fingerprint density at radius 1 is 1.08 bits per heavy atom. The summed E-state index contributed by atoms with van der Waals surface area (Å²) in [6.07, 6.45) is 2.52. The molecule has 0 radical (unpaired) electrons. The van der Waals surface area contributed by atoms with Gasteiger partial charge in [0.15, 0.2) is 5.65 Å². The largest absolute Gasteiger partial charge is 0.350 e. The van der Waals surface area contributed by atoms with E-state index in [-0.39, 0.29) is 5.91 Å². The second kappa shape index (κ2) is 6.82. The van der Waals surface area contributed by atoms with E-state index < -0.39 is 0 Å². The SMILES string of the molecule is O=C(NCCc1nnc2ccccn12)c1csc(-c2ccccc2)n1. The van der Waals surface area contributed by atoms with Gasteiger partial charge in [-0.3, -0.25) is 9.20 Å². The molecule has 4 rings (SSSR count). The summed E-state index contributed by atoms with van der Waals surface area (Å²) in [6.45, 7) is 0.479. The minimum absolute atomic E-state index is 0.174. The average molecular weight is 349 g/mol. The maximum Gasteiger partial charge on any atom is 0.270 e. The number of amides is 1. The standard InChI is InChI=1S/C18H15N5OS/c24-17(14-12-25-18(20-14)13-6-2-1-3-7-13)19-10-9-16-22-21-15-8-4-5-11-23(15)16/h1-8,11-12H,9-10H2,(H,19,24). The van der Waals surface area contributed by atoms with Gasteiger partial charge in [-0.05, 0) is 12.1 Å². The van der Waals surface area contributed by atoms with E-state index in [2.05, 4.69) is 20.5 Å². The summed E-state index contributed by atoms with van der Waals surface area (Å²) in [6, 6.07) is 15.6. The van der Waals surface area contributed by atoms with E-state index >= 15 is 0 Å². The molecule has 3 aromatic heterocycles. The molecule has 0 atom stereocenters. The minimum atomic E-state index is -0.174. The van der Waals surface area contributed by atoms with Gasteiger partial charge in [-0.15, -0.1) is 21.5 Å². The van der Waals surface area contributed by atoms with Crippen LogP contribution in [-0.2, 0) is 6.42 Å². The predicted molar refractivity (Wildman–Crippen MR) is 96.6 cm³/mol. The molecule has 0 unspecified atom stereocenters. The zero-order chi connectivity index (χ0) is 17.1. The van der Waals surface area contributed by atoms with E-state index in [1.807, 2.05) is 59.1 Å². The third kappa shape index (κ3) is 3.27. The van der Waals surface area contributed by atoms with Crippen LogP contribution in [0.3, 0.4) is 0 Å². The Morgan fingerprint density at radius 3 is 2.80 bits per heavy atom. The van der Waals surface area contributed by atoms with Crippen molar-refractivity contribution in [2.45, 2.75) is 6.42 Å². The van der Waals surface area contributed by atoms with Crippen molar-refractivity contribution in [3.63, 3.8) is 0 Å². The lowest BCUT2D eigenvalue weighted by Crippen LogP contribution is -2.26. The number of thiazole rings is 1. The van der Waals surface area contributed by atoms with E-state index in [0.29, 0.717) is 18.7 Å². The third-order valence-electron chi connectivity index (χ3n) is 3.78. The van der Waals surface area contributed by atoms with E-state index in [0.717, 1.165) is 22.0 Å². The first-order valence-corrected chi connectivity index (χ1v) is 8.77. The van der Waals surface area contributed by atoms with Crippen molar-refractivity contribution in [1.29, 1.82) is 0 Å². The molecule has 0 saturated carbocycles. The number of rotatable bonds is 5. The number of hydrogen-bond acceptors (Lipinski definition) is 5. The second-order valence-electron chi connectivity index (χ2n) is 5.45. The van der Waals surface area contributed by atoms with Crippen LogP contribution in [0.15, 0.2) is 60.1 Å². The summed E-state index contributed by atoms with van der Waals surface area (Å²) in [5.41, 5.74) is 2.26. The van der Waals surface area contributed by atoms with Crippen molar-refractivity contribution in [2.75, 3.05) is 6.54 Å². The first-order chi connectivity index (χ1) is 12.3.